The van der Waals surface area contributed by atoms with Crippen molar-refractivity contribution >= 4 is 22.7 Å². The SMILES string of the molecule is CC(=O)CCn1c(C(=O)O)c(C)c2cccc(C)c21. The van der Waals surface area contributed by atoms with Gasteiger partial charge in [0.1, 0.15) is 11.5 Å². The Morgan fingerprint density at radius 2 is 1.95 bits per heavy atom. The van der Waals surface area contributed by atoms with Crippen LogP contribution in [-0.2, 0) is 11.3 Å². The fourth-order valence-electron chi connectivity index (χ4n) is 2.53. The van der Waals surface area contributed by atoms with E-state index in [1.54, 1.807) is 4.57 Å². The van der Waals surface area contributed by atoms with Gasteiger partial charge in [-0.05, 0) is 31.9 Å². The summed E-state index contributed by atoms with van der Waals surface area (Å²) < 4.78 is 1.75. The van der Waals surface area contributed by atoms with Gasteiger partial charge in [-0.15, -0.1) is 0 Å². The van der Waals surface area contributed by atoms with Gasteiger partial charge in [-0.25, -0.2) is 4.79 Å². The lowest BCUT2D eigenvalue weighted by molar-refractivity contribution is -0.117. The van der Waals surface area contributed by atoms with Crippen LogP contribution in [0.1, 0.15) is 35.0 Å². The molecule has 0 aliphatic rings. The maximum absolute atomic E-state index is 11.5. The first-order chi connectivity index (χ1) is 8.93. The van der Waals surface area contributed by atoms with Crippen LogP contribution in [0.25, 0.3) is 10.9 Å². The second kappa shape index (κ2) is 4.88. The molecule has 1 heterocycles. The number of carboxylic acids is 1. The van der Waals surface area contributed by atoms with Crippen molar-refractivity contribution in [2.24, 2.45) is 0 Å². The topological polar surface area (TPSA) is 59.3 Å². The van der Waals surface area contributed by atoms with Crippen molar-refractivity contribution in [1.29, 1.82) is 0 Å². The molecule has 0 aliphatic carbocycles. The summed E-state index contributed by atoms with van der Waals surface area (Å²) in [5, 5.41) is 10.3. The number of para-hydroxylation sites is 1. The highest BCUT2D eigenvalue weighted by atomic mass is 16.4. The number of ketones is 1. The summed E-state index contributed by atoms with van der Waals surface area (Å²) in [5.74, 6) is -0.888. The number of fused-ring (bicyclic) bond motifs is 1. The van der Waals surface area contributed by atoms with Crippen molar-refractivity contribution in [3.8, 4) is 0 Å². The van der Waals surface area contributed by atoms with Gasteiger partial charge in [-0.3, -0.25) is 4.79 Å². The Hall–Kier alpha value is -2.10. The van der Waals surface area contributed by atoms with Gasteiger partial charge in [0.25, 0.3) is 0 Å². The Morgan fingerprint density at radius 3 is 2.53 bits per heavy atom. The minimum atomic E-state index is -0.948. The van der Waals surface area contributed by atoms with E-state index in [-0.39, 0.29) is 11.5 Å². The normalized spacial score (nSPS) is 10.9. The molecule has 0 saturated heterocycles. The Balaban J connectivity index is 2.72. The molecule has 0 fully saturated rings. The number of carbonyl (C=O) groups is 2. The molecule has 2 aromatic rings. The monoisotopic (exact) mass is 259 g/mol. The molecular weight excluding hydrogens is 242 g/mol. The molecule has 19 heavy (non-hydrogen) atoms. The summed E-state index contributed by atoms with van der Waals surface area (Å²) in [4.78, 5) is 22.6. The summed E-state index contributed by atoms with van der Waals surface area (Å²) in [6, 6.07) is 5.80. The van der Waals surface area contributed by atoms with Gasteiger partial charge in [0.15, 0.2) is 0 Å². The van der Waals surface area contributed by atoms with Crippen LogP contribution >= 0.6 is 0 Å². The molecule has 100 valence electrons. The Morgan fingerprint density at radius 1 is 1.26 bits per heavy atom. The molecule has 1 aromatic heterocycles. The molecule has 1 N–H and O–H groups in total. The second-order valence-corrected chi connectivity index (χ2v) is 4.85. The molecule has 0 unspecified atom stereocenters. The average Bonchev–Trinajstić information content (AvgIpc) is 2.61. The van der Waals surface area contributed by atoms with Crippen molar-refractivity contribution in [2.45, 2.75) is 33.7 Å². The quantitative estimate of drug-likeness (QED) is 0.918. The Kier molecular flexibility index (Phi) is 3.42. The van der Waals surface area contributed by atoms with Crippen LogP contribution in [-0.4, -0.2) is 21.4 Å². The second-order valence-electron chi connectivity index (χ2n) is 4.85. The van der Waals surface area contributed by atoms with Gasteiger partial charge in [-0.1, -0.05) is 18.2 Å². The molecule has 4 nitrogen and oxygen atoms in total. The van der Waals surface area contributed by atoms with Crippen LogP contribution in [0.4, 0.5) is 0 Å². The van der Waals surface area contributed by atoms with Gasteiger partial charge in [0.2, 0.25) is 0 Å². The first-order valence-electron chi connectivity index (χ1n) is 6.24. The van der Waals surface area contributed by atoms with Gasteiger partial charge in [-0.2, -0.15) is 0 Å². The van der Waals surface area contributed by atoms with E-state index in [9.17, 15) is 14.7 Å². The van der Waals surface area contributed by atoms with Crippen molar-refractivity contribution in [3.05, 3.63) is 35.0 Å². The number of hydrogen-bond acceptors (Lipinski definition) is 2. The number of aromatic nitrogens is 1. The first kappa shape index (κ1) is 13.3. The van der Waals surface area contributed by atoms with Crippen LogP contribution in [0.5, 0.6) is 0 Å². The van der Waals surface area contributed by atoms with E-state index in [0.29, 0.717) is 13.0 Å². The molecule has 4 heteroatoms. The number of Topliss-reactive ketones (excluding diaryl/α,β-unsaturated/α-hetero) is 1. The van der Waals surface area contributed by atoms with E-state index < -0.39 is 5.97 Å². The average molecular weight is 259 g/mol. The maximum Gasteiger partial charge on any atom is 0.352 e. The molecule has 0 saturated carbocycles. The summed E-state index contributed by atoms with van der Waals surface area (Å²) in [6.45, 7) is 5.70. The fourth-order valence-corrected chi connectivity index (χ4v) is 2.53. The predicted octanol–water partition coefficient (Wildman–Crippen LogP) is 2.94. The highest BCUT2D eigenvalue weighted by Crippen LogP contribution is 2.28. The Labute approximate surface area is 111 Å². The van der Waals surface area contributed by atoms with E-state index in [1.807, 2.05) is 32.0 Å². The molecule has 0 aliphatic heterocycles. The van der Waals surface area contributed by atoms with E-state index >= 15 is 0 Å². The number of aromatic carboxylic acids is 1. The molecule has 0 spiro atoms. The van der Waals surface area contributed by atoms with Crippen LogP contribution in [0, 0.1) is 13.8 Å². The lowest BCUT2D eigenvalue weighted by Gasteiger charge is -2.08. The van der Waals surface area contributed by atoms with Crippen LogP contribution in [0.2, 0.25) is 0 Å². The van der Waals surface area contributed by atoms with Crippen LogP contribution in [0.3, 0.4) is 0 Å². The van der Waals surface area contributed by atoms with Crippen molar-refractivity contribution in [3.63, 3.8) is 0 Å². The smallest absolute Gasteiger partial charge is 0.352 e. The summed E-state index contributed by atoms with van der Waals surface area (Å²) in [5.41, 5.74) is 2.98. The summed E-state index contributed by atoms with van der Waals surface area (Å²) in [7, 11) is 0. The van der Waals surface area contributed by atoms with Gasteiger partial charge in [0.05, 0.1) is 5.52 Å². The largest absolute Gasteiger partial charge is 0.477 e. The van der Waals surface area contributed by atoms with Crippen LogP contribution in [0.15, 0.2) is 18.2 Å². The number of carboxylic acid groups (broad SMARTS) is 1. The fraction of sp³-hybridized carbons (Fsp3) is 0.333. The van der Waals surface area contributed by atoms with Crippen molar-refractivity contribution < 1.29 is 14.7 Å². The third-order valence-electron chi connectivity index (χ3n) is 3.43. The standard InChI is InChI=1S/C15H17NO3/c1-9-5-4-6-12-11(3)14(15(18)19)16(13(9)12)8-7-10(2)17/h4-6H,7-8H2,1-3H3,(H,18,19). The summed E-state index contributed by atoms with van der Waals surface area (Å²) >= 11 is 0. The number of nitrogens with zero attached hydrogens (tertiary/aromatic N) is 1. The highest BCUT2D eigenvalue weighted by molar-refractivity contribution is 5.99. The van der Waals surface area contributed by atoms with Gasteiger partial charge < -0.3 is 9.67 Å². The minimum absolute atomic E-state index is 0.0597. The lowest BCUT2D eigenvalue weighted by atomic mass is 10.1. The number of hydrogen-bond donors (Lipinski definition) is 1. The zero-order chi connectivity index (χ0) is 14.2. The predicted molar refractivity (Wildman–Crippen MR) is 73.7 cm³/mol. The zero-order valence-corrected chi connectivity index (χ0v) is 11.4. The highest BCUT2D eigenvalue weighted by Gasteiger charge is 2.20. The van der Waals surface area contributed by atoms with E-state index in [1.165, 1.54) is 6.92 Å². The van der Waals surface area contributed by atoms with Gasteiger partial charge in [0, 0.05) is 18.4 Å². The van der Waals surface area contributed by atoms with Crippen molar-refractivity contribution in [1.82, 2.24) is 4.57 Å². The molecule has 0 radical (unpaired) electrons. The molecule has 0 amide bonds. The van der Waals surface area contributed by atoms with Gasteiger partial charge >= 0.3 is 5.97 Å². The molecule has 0 bridgehead atoms. The number of rotatable bonds is 4. The first-order valence-corrected chi connectivity index (χ1v) is 6.24. The maximum atomic E-state index is 11.5. The molecule has 2 rings (SSSR count). The van der Waals surface area contributed by atoms with Crippen molar-refractivity contribution in [2.75, 3.05) is 0 Å². The molecular formula is C15H17NO3. The molecule has 1 aromatic carbocycles. The Bertz CT molecular complexity index is 668. The lowest BCUT2D eigenvalue weighted by Crippen LogP contribution is -2.12. The third kappa shape index (κ3) is 2.26. The van der Waals surface area contributed by atoms with Crippen LogP contribution < -0.4 is 0 Å². The van der Waals surface area contributed by atoms with E-state index in [2.05, 4.69) is 0 Å². The number of carbonyl (C=O) groups excluding carboxylic acids is 1. The number of aryl methyl sites for hydroxylation is 3. The zero-order valence-electron chi connectivity index (χ0n) is 11.4. The van der Waals surface area contributed by atoms with E-state index in [0.717, 1.165) is 22.0 Å². The minimum Gasteiger partial charge on any atom is -0.477 e. The molecule has 0 atom stereocenters. The summed E-state index contributed by atoms with van der Waals surface area (Å²) in [6.07, 6.45) is 0.345. The van der Waals surface area contributed by atoms with E-state index in [4.69, 9.17) is 0 Å². The third-order valence-corrected chi connectivity index (χ3v) is 3.43. The number of benzene rings is 1.